The van der Waals surface area contributed by atoms with Crippen LogP contribution in [0.1, 0.15) is 16.2 Å². The largest absolute Gasteiger partial charge is 0.504 e. The molecule has 0 bridgehead atoms. The number of benzene rings is 1. The number of hydrogen-bond acceptors (Lipinski definition) is 5. The highest BCUT2D eigenvalue weighted by atomic mass is 32.1. The van der Waals surface area contributed by atoms with Crippen molar-refractivity contribution in [2.24, 2.45) is 0 Å². The van der Waals surface area contributed by atoms with Gasteiger partial charge in [0.05, 0.1) is 4.70 Å². The van der Waals surface area contributed by atoms with E-state index in [2.05, 4.69) is 10.3 Å². The molecule has 6 nitrogen and oxygen atoms in total. The number of carboxylic acids is 1. The lowest BCUT2D eigenvalue weighted by molar-refractivity contribution is -0.135. The molecule has 0 unspecified atom stereocenters. The molecule has 2 heterocycles. The van der Waals surface area contributed by atoms with Crippen molar-refractivity contribution in [2.75, 3.05) is 6.54 Å². The first-order valence-corrected chi connectivity index (χ1v) is 7.41. The van der Waals surface area contributed by atoms with E-state index >= 15 is 0 Å². The summed E-state index contributed by atoms with van der Waals surface area (Å²) in [5.74, 6) is -2.71. The Morgan fingerprint density at radius 2 is 2.13 bits per heavy atom. The van der Waals surface area contributed by atoms with Crippen LogP contribution in [0.3, 0.4) is 0 Å². The molecule has 23 heavy (non-hydrogen) atoms. The van der Waals surface area contributed by atoms with E-state index in [0.717, 1.165) is 16.7 Å². The molecule has 0 radical (unpaired) electrons. The molecular weight excluding hydrogens is 323 g/mol. The van der Waals surface area contributed by atoms with E-state index in [1.165, 1.54) is 12.1 Å². The van der Waals surface area contributed by atoms with Crippen molar-refractivity contribution in [3.8, 4) is 5.75 Å². The zero-order valence-electron chi connectivity index (χ0n) is 11.9. The van der Waals surface area contributed by atoms with Gasteiger partial charge in [-0.25, -0.2) is 9.37 Å². The molecule has 118 valence electrons. The molecule has 0 saturated carbocycles. The van der Waals surface area contributed by atoms with Crippen molar-refractivity contribution in [1.29, 1.82) is 0 Å². The second-order valence-electron chi connectivity index (χ2n) is 4.92. The second kappa shape index (κ2) is 5.47. The molecule has 1 aromatic carbocycles. The van der Waals surface area contributed by atoms with Crippen LogP contribution in [0, 0.1) is 12.7 Å². The third kappa shape index (κ3) is 2.57. The predicted molar refractivity (Wildman–Crippen MR) is 83.5 cm³/mol. The maximum absolute atomic E-state index is 13.4. The van der Waals surface area contributed by atoms with Gasteiger partial charge in [-0.2, -0.15) is 0 Å². The molecule has 1 amide bonds. The summed E-state index contributed by atoms with van der Waals surface area (Å²) >= 11 is 1.15. The van der Waals surface area contributed by atoms with Crippen LogP contribution in [-0.2, 0) is 4.79 Å². The Hall–Kier alpha value is -2.74. The van der Waals surface area contributed by atoms with Crippen molar-refractivity contribution in [3.63, 3.8) is 0 Å². The van der Waals surface area contributed by atoms with Gasteiger partial charge in [-0.3, -0.25) is 9.59 Å². The zero-order valence-corrected chi connectivity index (χ0v) is 12.7. The molecule has 3 N–H and O–H groups in total. The van der Waals surface area contributed by atoms with Gasteiger partial charge in [0.15, 0.2) is 11.4 Å². The molecule has 3 rings (SSSR count). The number of aliphatic carboxylic acids is 1. The number of aryl methyl sites for hydroxylation is 1. The number of carbonyl (C=O) groups is 2. The van der Waals surface area contributed by atoms with Crippen LogP contribution in [0.2, 0.25) is 0 Å². The van der Waals surface area contributed by atoms with Gasteiger partial charge in [0.1, 0.15) is 12.4 Å². The topological polar surface area (TPSA) is 99.5 Å². The van der Waals surface area contributed by atoms with Crippen LogP contribution < -0.4 is 5.32 Å². The van der Waals surface area contributed by atoms with E-state index in [-0.39, 0.29) is 11.4 Å². The minimum Gasteiger partial charge on any atom is -0.504 e. The Balaban J connectivity index is 2.19. The van der Waals surface area contributed by atoms with Crippen molar-refractivity contribution in [1.82, 2.24) is 10.3 Å². The van der Waals surface area contributed by atoms with E-state index in [9.17, 15) is 19.1 Å². The first-order chi connectivity index (χ1) is 10.9. The number of pyridine rings is 1. The smallest absolute Gasteiger partial charge is 0.322 e. The average molecular weight is 334 g/mol. The van der Waals surface area contributed by atoms with Gasteiger partial charge in [0, 0.05) is 21.2 Å². The molecule has 0 atom stereocenters. The van der Waals surface area contributed by atoms with Crippen LogP contribution in [0.4, 0.5) is 4.39 Å². The molecule has 0 spiro atoms. The van der Waals surface area contributed by atoms with Crippen LogP contribution in [-0.4, -0.2) is 33.6 Å². The summed E-state index contributed by atoms with van der Waals surface area (Å²) in [5.41, 5.74) is 0.249. The van der Waals surface area contributed by atoms with Crippen molar-refractivity contribution in [2.45, 2.75) is 6.92 Å². The fourth-order valence-corrected chi connectivity index (χ4v) is 3.60. The number of halogens is 1. The second-order valence-corrected chi connectivity index (χ2v) is 5.97. The van der Waals surface area contributed by atoms with Gasteiger partial charge in [-0.05, 0) is 25.1 Å². The maximum Gasteiger partial charge on any atom is 0.322 e. The summed E-state index contributed by atoms with van der Waals surface area (Å²) < 4.78 is 14.4. The molecule has 2 aromatic heterocycles. The highest BCUT2D eigenvalue weighted by molar-refractivity contribution is 7.26. The van der Waals surface area contributed by atoms with Gasteiger partial charge < -0.3 is 15.5 Å². The number of nitrogens with zero attached hydrogens (tertiary/aromatic N) is 1. The SMILES string of the molecule is Cc1nc(C(=O)NCC(=O)O)c(O)c2sc3cc(F)ccc3c12. The number of nitrogens with one attached hydrogen (secondary N) is 1. The summed E-state index contributed by atoms with van der Waals surface area (Å²) in [7, 11) is 0. The number of hydrogen-bond donors (Lipinski definition) is 3. The Kier molecular flexibility index (Phi) is 3.61. The van der Waals surface area contributed by atoms with Gasteiger partial charge in [0.2, 0.25) is 0 Å². The maximum atomic E-state index is 13.4. The number of carbonyl (C=O) groups excluding carboxylic acids is 1. The van der Waals surface area contributed by atoms with Gasteiger partial charge in [0.25, 0.3) is 5.91 Å². The third-order valence-electron chi connectivity index (χ3n) is 3.35. The van der Waals surface area contributed by atoms with Gasteiger partial charge >= 0.3 is 5.97 Å². The van der Waals surface area contributed by atoms with E-state index in [1.807, 2.05) is 0 Å². The molecule has 8 heteroatoms. The zero-order chi connectivity index (χ0) is 16.7. The van der Waals surface area contributed by atoms with Crippen molar-refractivity contribution in [3.05, 3.63) is 35.4 Å². The monoisotopic (exact) mass is 334 g/mol. The molecule has 0 aliphatic rings. The van der Waals surface area contributed by atoms with Crippen LogP contribution in [0.25, 0.3) is 20.2 Å². The third-order valence-corrected chi connectivity index (χ3v) is 4.51. The van der Waals surface area contributed by atoms with Crippen LogP contribution in [0.15, 0.2) is 18.2 Å². The number of fused-ring (bicyclic) bond motifs is 3. The summed E-state index contributed by atoms with van der Waals surface area (Å²) in [6, 6.07) is 4.27. The normalized spacial score (nSPS) is 11.0. The Labute approximate surface area is 133 Å². The lowest BCUT2D eigenvalue weighted by Gasteiger charge is -2.07. The fraction of sp³-hybridized carbons (Fsp3) is 0.133. The molecular formula is C15H11FN2O4S. The lowest BCUT2D eigenvalue weighted by Crippen LogP contribution is -2.30. The summed E-state index contributed by atoms with van der Waals surface area (Å²) in [4.78, 5) is 26.6. The van der Waals surface area contributed by atoms with Gasteiger partial charge in [-0.1, -0.05) is 0 Å². The Morgan fingerprint density at radius 3 is 2.83 bits per heavy atom. The average Bonchev–Trinajstić information content (AvgIpc) is 2.87. The standard InChI is InChI=1S/C15H11FN2O4S/c1-6-11-8-3-2-7(16)4-9(8)23-14(11)13(21)12(18-6)15(22)17-5-10(19)20/h2-4,21H,5H2,1H3,(H,17,22)(H,19,20). The molecule has 0 aliphatic heterocycles. The number of aromatic nitrogens is 1. The van der Waals surface area contributed by atoms with E-state index < -0.39 is 24.2 Å². The molecule has 0 saturated heterocycles. The van der Waals surface area contributed by atoms with E-state index in [4.69, 9.17) is 5.11 Å². The predicted octanol–water partition coefficient (Wildman–Crippen LogP) is 2.42. The minimum atomic E-state index is -1.20. The van der Waals surface area contributed by atoms with E-state index in [1.54, 1.807) is 13.0 Å². The number of thiophene rings is 1. The summed E-state index contributed by atoms with van der Waals surface area (Å²) in [5, 5.41) is 22.5. The number of carboxylic acid groups (broad SMARTS) is 1. The highest BCUT2D eigenvalue weighted by Gasteiger charge is 2.21. The fourth-order valence-electron chi connectivity index (χ4n) is 2.38. The Morgan fingerprint density at radius 1 is 1.39 bits per heavy atom. The van der Waals surface area contributed by atoms with Gasteiger partial charge in [-0.15, -0.1) is 11.3 Å². The summed E-state index contributed by atoms with van der Waals surface area (Å²) in [6.07, 6.45) is 0. The van der Waals surface area contributed by atoms with Crippen molar-refractivity contribution >= 4 is 43.4 Å². The first kappa shape index (κ1) is 15.2. The number of aromatic hydroxyl groups is 1. The highest BCUT2D eigenvalue weighted by Crippen LogP contribution is 2.41. The van der Waals surface area contributed by atoms with E-state index in [0.29, 0.717) is 20.5 Å². The molecule has 0 aliphatic carbocycles. The van der Waals surface area contributed by atoms with Crippen LogP contribution >= 0.6 is 11.3 Å². The number of rotatable bonds is 3. The molecule has 3 aromatic rings. The lowest BCUT2D eigenvalue weighted by atomic mass is 10.1. The summed E-state index contributed by atoms with van der Waals surface area (Å²) in [6.45, 7) is 1.10. The quantitative estimate of drug-likeness (QED) is 0.683. The number of amides is 1. The minimum absolute atomic E-state index is 0.247. The first-order valence-electron chi connectivity index (χ1n) is 6.60. The van der Waals surface area contributed by atoms with Crippen molar-refractivity contribution < 1.29 is 24.2 Å². The van der Waals surface area contributed by atoms with Crippen LogP contribution in [0.5, 0.6) is 5.75 Å². The Bertz CT molecular complexity index is 967. The molecule has 0 fully saturated rings.